The van der Waals surface area contributed by atoms with Crippen molar-refractivity contribution >= 4 is 12.4 Å². The van der Waals surface area contributed by atoms with E-state index in [4.69, 9.17) is 5.73 Å². The highest BCUT2D eigenvalue weighted by atomic mass is 35.5. The van der Waals surface area contributed by atoms with Gasteiger partial charge in [0.2, 0.25) is 0 Å². The van der Waals surface area contributed by atoms with E-state index in [-0.39, 0.29) is 18.4 Å². The molecule has 10 heavy (non-hydrogen) atoms. The first-order chi connectivity index (χ1) is 4.33. The fourth-order valence-electron chi connectivity index (χ4n) is 1.21. The summed E-state index contributed by atoms with van der Waals surface area (Å²) in [6.45, 7) is 3.65. The zero-order valence-corrected chi connectivity index (χ0v) is 7.07. The van der Waals surface area contributed by atoms with Gasteiger partial charge in [0, 0.05) is 6.04 Å². The zero-order chi connectivity index (χ0) is 6.69. The lowest BCUT2D eigenvalue weighted by atomic mass is 9.81. The van der Waals surface area contributed by atoms with Crippen molar-refractivity contribution in [2.24, 2.45) is 11.7 Å². The predicted molar refractivity (Wildman–Crippen MR) is 47.4 cm³/mol. The molecular formula is C8H16ClN. The summed E-state index contributed by atoms with van der Waals surface area (Å²) in [5, 5.41) is 0. The topological polar surface area (TPSA) is 26.0 Å². The number of hydrogen-bond acceptors (Lipinski definition) is 1. The van der Waals surface area contributed by atoms with Crippen LogP contribution in [-0.2, 0) is 0 Å². The van der Waals surface area contributed by atoms with Gasteiger partial charge in [0.25, 0.3) is 0 Å². The molecule has 1 atom stereocenters. The summed E-state index contributed by atoms with van der Waals surface area (Å²) in [6.07, 6.45) is 7.19. The average molecular weight is 162 g/mol. The van der Waals surface area contributed by atoms with Crippen LogP contribution in [0, 0.1) is 5.92 Å². The third-order valence-corrected chi connectivity index (χ3v) is 2.13. The summed E-state index contributed by atoms with van der Waals surface area (Å²) < 4.78 is 0. The van der Waals surface area contributed by atoms with Crippen molar-refractivity contribution in [3.8, 4) is 0 Å². The Balaban J connectivity index is 0.000000810. The van der Waals surface area contributed by atoms with Crippen LogP contribution in [0.1, 0.15) is 25.7 Å². The van der Waals surface area contributed by atoms with Gasteiger partial charge in [-0.3, -0.25) is 0 Å². The third kappa shape index (κ3) is 2.72. The molecule has 1 nitrogen and oxygen atoms in total. The number of nitrogens with two attached hydrogens (primary N) is 1. The third-order valence-electron chi connectivity index (χ3n) is 2.13. The highest BCUT2D eigenvalue weighted by molar-refractivity contribution is 5.85. The van der Waals surface area contributed by atoms with Gasteiger partial charge in [-0.2, -0.15) is 0 Å². The Morgan fingerprint density at radius 3 is 2.50 bits per heavy atom. The standard InChI is InChI=1S/C8H15N.ClH/c1-2-8(9)6-7-4-3-5-7;/h2,7-8H,1,3-6,9H2;1H. The molecule has 0 saturated heterocycles. The maximum absolute atomic E-state index is 5.67. The molecule has 1 saturated carbocycles. The molecule has 0 aromatic heterocycles. The minimum Gasteiger partial charge on any atom is -0.324 e. The summed E-state index contributed by atoms with van der Waals surface area (Å²) in [4.78, 5) is 0. The van der Waals surface area contributed by atoms with Gasteiger partial charge in [-0.25, -0.2) is 0 Å². The molecule has 0 radical (unpaired) electrons. The Bertz CT molecular complexity index is 99.4. The molecule has 0 spiro atoms. The van der Waals surface area contributed by atoms with Gasteiger partial charge in [-0.1, -0.05) is 25.3 Å². The van der Waals surface area contributed by atoms with Crippen LogP contribution in [0.25, 0.3) is 0 Å². The van der Waals surface area contributed by atoms with Gasteiger partial charge >= 0.3 is 0 Å². The number of hydrogen-bond donors (Lipinski definition) is 1. The van der Waals surface area contributed by atoms with Crippen molar-refractivity contribution in [2.75, 3.05) is 0 Å². The van der Waals surface area contributed by atoms with E-state index >= 15 is 0 Å². The number of halogens is 1. The van der Waals surface area contributed by atoms with Crippen LogP contribution in [0.4, 0.5) is 0 Å². The van der Waals surface area contributed by atoms with Crippen LogP contribution in [0.5, 0.6) is 0 Å². The van der Waals surface area contributed by atoms with Crippen molar-refractivity contribution in [3.63, 3.8) is 0 Å². The highest BCUT2D eigenvalue weighted by Gasteiger charge is 2.18. The fraction of sp³-hybridized carbons (Fsp3) is 0.750. The molecule has 0 aromatic carbocycles. The summed E-state index contributed by atoms with van der Waals surface area (Å²) in [6, 6.07) is 0.246. The first kappa shape index (κ1) is 9.99. The van der Waals surface area contributed by atoms with E-state index in [1.54, 1.807) is 0 Å². The molecule has 0 heterocycles. The first-order valence-electron chi connectivity index (χ1n) is 3.71. The molecule has 0 amide bonds. The van der Waals surface area contributed by atoms with Crippen LogP contribution in [0.15, 0.2) is 12.7 Å². The Morgan fingerprint density at radius 2 is 2.20 bits per heavy atom. The lowest BCUT2D eigenvalue weighted by Crippen LogP contribution is -2.24. The lowest BCUT2D eigenvalue weighted by Gasteiger charge is -2.26. The number of rotatable bonds is 3. The van der Waals surface area contributed by atoms with E-state index in [0.29, 0.717) is 0 Å². The largest absolute Gasteiger partial charge is 0.324 e. The van der Waals surface area contributed by atoms with E-state index in [2.05, 4.69) is 6.58 Å². The Hall–Kier alpha value is -0.0100. The van der Waals surface area contributed by atoms with E-state index in [0.717, 1.165) is 12.3 Å². The monoisotopic (exact) mass is 161 g/mol. The molecule has 1 fully saturated rings. The summed E-state index contributed by atoms with van der Waals surface area (Å²) in [7, 11) is 0. The van der Waals surface area contributed by atoms with Gasteiger partial charge < -0.3 is 5.73 Å². The second kappa shape index (κ2) is 4.75. The van der Waals surface area contributed by atoms with Crippen molar-refractivity contribution in [2.45, 2.75) is 31.7 Å². The summed E-state index contributed by atoms with van der Waals surface area (Å²) >= 11 is 0. The second-order valence-corrected chi connectivity index (χ2v) is 2.93. The van der Waals surface area contributed by atoms with Crippen LogP contribution in [-0.4, -0.2) is 6.04 Å². The van der Waals surface area contributed by atoms with E-state index in [1.807, 2.05) is 6.08 Å². The second-order valence-electron chi connectivity index (χ2n) is 2.93. The Morgan fingerprint density at radius 1 is 1.60 bits per heavy atom. The summed E-state index contributed by atoms with van der Waals surface area (Å²) in [5.41, 5.74) is 5.67. The summed E-state index contributed by atoms with van der Waals surface area (Å²) in [5.74, 6) is 0.915. The lowest BCUT2D eigenvalue weighted by molar-refractivity contribution is 0.287. The first-order valence-corrected chi connectivity index (χ1v) is 3.71. The molecule has 0 aliphatic heterocycles. The van der Waals surface area contributed by atoms with Crippen molar-refractivity contribution < 1.29 is 0 Å². The Labute approximate surface area is 69.1 Å². The van der Waals surface area contributed by atoms with Crippen molar-refractivity contribution in [1.29, 1.82) is 0 Å². The minimum absolute atomic E-state index is 0. The maximum Gasteiger partial charge on any atom is 0.0223 e. The highest BCUT2D eigenvalue weighted by Crippen LogP contribution is 2.29. The molecule has 0 bridgehead atoms. The predicted octanol–water partition coefficient (Wildman–Crippen LogP) is 2.11. The molecule has 1 unspecified atom stereocenters. The molecule has 0 aromatic rings. The van der Waals surface area contributed by atoms with Gasteiger partial charge in [0.15, 0.2) is 0 Å². The zero-order valence-electron chi connectivity index (χ0n) is 6.25. The van der Waals surface area contributed by atoms with E-state index in [9.17, 15) is 0 Å². The SMILES string of the molecule is C=CC(N)CC1CCC1.Cl. The fourth-order valence-corrected chi connectivity index (χ4v) is 1.21. The van der Waals surface area contributed by atoms with Crippen molar-refractivity contribution in [3.05, 3.63) is 12.7 Å². The molecule has 1 aliphatic rings. The van der Waals surface area contributed by atoms with E-state index in [1.165, 1.54) is 19.3 Å². The molecule has 2 N–H and O–H groups in total. The molecule has 60 valence electrons. The molecule has 2 heteroatoms. The molecular weight excluding hydrogens is 146 g/mol. The van der Waals surface area contributed by atoms with Gasteiger partial charge in [-0.15, -0.1) is 19.0 Å². The average Bonchev–Trinajstić information content (AvgIpc) is 1.78. The van der Waals surface area contributed by atoms with Crippen LogP contribution in [0.3, 0.4) is 0 Å². The molecule has 1 rings (SSSR count). The van der Waals surface area contributed by atoms with Gasteiger partial charge in [-0.05, 0) is 12.3 Å². The molecule has 1 aliphatic carbocycles. The van der Waals surface area contributed by atoms with Crippen molar-refractivity contribution in [1.82, 2.24) is 0 Å². The van der Waals surface area contributed by atoms with Gasteiger partial charge in [0.05, 0.1) is 0 Å². The normalized spacial score (nSPS) is 20.5. The Kier molecular flexibility index (Phi) is 4.75. The minimum atomic E-state index is 0. The van der Waals surface area contributed by atoms with E-state index < -0.39 is 0 Å². The quantitative estimate of drug-likeness (QED) is 0.631. The maximum atomic E-state index is 5.67. The smallest absolute Gasteiger partial charge is 0.0223 e. The van der Waals surface area contributed by atoms with Gasteiger partial charge in [0.1, 0.15) is 0 Å². The van der Waals surface area contributed by atoms with Crippen LogP contribution >= 0.6 is 12.4 Å². The van der Waals surface area contributed by atoms with Crippen LogP contribution in [0.2, 0.25) is 0 Å². The van der Waals surface area contributed by atoms with Crippen LogP contribution < -0.4 is 5.73 Å².